The van der Waals surface area contributed by atoms with Crippen molar-refractivity contribution in [2.45, 2.75) is 32.7 Å². The summed E-state index contributed by atoms with van der Waals surface area (Å²) >= 11 is 6.25. The number of carbonyl (C=O) groups excluding carboxylic acids is 1. The van der Waals surface area contributed by atoms with Gasteiger partial charge in [0.15, 0.2) is 5.65 Å². The molecule has 0 spiro atoms. The monoisotopic (exact) mass is 591 g/mol. The Morgan fingerprint density at radius 1 is 0.977 bits per heavy atom. The first-order valence-electron chi connectivity index (χ1n) is 14.8. The maximum absolute atomic E-state index is 12.5. The van der Waals surface area contributed by atoms with Crippen molar-refractivity contribution in [1.82, 2.24) is 14.3 Å². The molecule has 1 aliphatic rings. The number of halogens is 1. The summed E-state index contributed by atoms with van der Waals surface area (Å²) in [4.78, 5) is 22.3. The lowest BCUT2D eigenvalue weighted by atomic mass is 9.96. The number of para-hydroxylation sites is 2. The highest BCUT2D eigenvalue weighted by Crippen LogP contribution is 2.36. The van der Waals surface area contributed by atoms with E-state index in [1.165, 1.54) is 11.1 Å². The van der Waals surface area contributed by atoms with Gasteiger partial charge in [-0.1, -0.05) is 66.2 Å². The first kappa shape index (κ1) is 28.7. The fourth-order valence-electron chi connectivity index (χ4n) is 6.34. The number of rotatable bonds is 8. The van der Waals surface area contributed by atoms with Gasteiger partial charge in [-0.05, 0) is 66.8 Å². The summed E-state index contributed by atoms with van der Waals surface area (Å²) in [7, 11) is 0. The molecule has 0 bridgehead atoms. The maximum atomic E-state index is 12.5. The lowest BCUT2D eigenvalue weighted by Crippen LogP contribution is -2.48. The highest BCUT2D eigenvalue weighted by molar-refractivity contribution is 6.30. The van der Waals surface area contributed by atoms with Gasteiger partial charge in [0.05, 0.1) is 29.2 Å². The Morgan fingerprint density at radius 3 is 2.35 bits per heavy atom. The second-order valence-electron chi connectivity index (χ2n) is 10.9. The van der Waals surface area contributed by atoms with Crippen molar-refractivity contribution in [2.24, 2.45) is 0 Å². The van der Waals surface area contributed by atoms with Crippen LogP contribution >= 0.6 is 11.6 Å². The standard InChI is InChI=1S/C35H34ClN5O2/c1-3-43-32(42)18-17-28-24(2)29(23-37)34-38-30-11-7-8-12-31(30)41(34)35(28)40-21-19-39(20-22-40)33(25-9-5-4-6-10-25)26-13-15-27(36)16-14-26/h4-16,33H,3,17-22H2,1-2H3. The van der Waals surface area contributed by atoms with E-state index in [2.05, 4.69) is 56.7 Å². The smallest absolute Gasteiger partial charge is 0.306 e. The third-order valence-corrected chi connectivity index (χ3v) is 8.62. The molecule has 1 aliphatic heterocycles. The largest absolute Gasteiger partial charge is 0.466 e. The fraction of sp³-hybridized carbons (Fsp3) is 0.286. The minimum Gasteiger partial charge on any atom is -0.466 e. The van der Waals surface area contributed by atoms with Crippen molar-refractivity contribution < 1.29 is 9.53 Å². The van der Waals surface area contributed by atoms with Gasteiger partial charge in [0, 0.05) is 37.6 Å². The number of imidazole rings is 1. The summed E-state index contributed by atoms with van der Waals surface area (Å²) in [5.74, 6) is 0.771. The minimum absolute atomic E-state index is 0.0979. The van der Waals surface area contributed by atoms with Crippen LogP contribution in [0.1, 0.15) is 47.2 Å². The average molecular weight is 592 g/mol. The van der Waals surface area contributed by atoms with Crippen molar-refractivity contribution >= 4 is 40.1 Å². The zero-order chi connectivity index (χ0) is 29.9. The van der Waals surface area contributed by atoms with Crippen LogP contribution in [0.4, 0.5) is 5.82 Å². The van der Waals surface area contributed by atoms with E-state index in [0.717, 1.165) is 59.2 Å². The number of aromatic nitrogens is 2. The summed E-state index contributed by atoms with van der Waals surface area (Å²) in [6.07, 6.45) is 0.728. The number of hydrogen-bond acceptors (Lipinski definition) is 6. The number of benzene rings is 3. The summed E-state index contributed by atoms with van der Waals surface area (Å²) in [6, 6.07) is 29.2. The summed E-state index contributed by atoms with van der Waals surface area (Å²) < 4.78 is 7.40. The van der Waals surface area contributed by atoms with Crippen LogP contribution in [0.25, 0.3) is 16.7 Å². The molecule has 2 aromatic heterocycles. The molecule has 1 atom stereocenters. The van der Waals surface area contributed by atoms with E-state index >= 15 is 0 Å². The van der Waals surface area contributed by atoms with Crippen LogP contribution in [0.3, 0.4) is 0 Å². The molecular weight excluding hydrogens is 558 g/mol. The Balaban J connectivity index is 1.41. The molecule has 3 heterocycles. The van der Waals surface area contributed by atoms with Crippen molar-refractivity contribution in [3.05, 3.63) is 112 Å². The maximum Gasteiger partial charge on any atom is 0.306 e. The van der Waals surface area contributed by atoms with Gasteiger partial charge in [0.1, 0.15) is 11.9 Å². The summed E-state index contributed by atoms with van der Waals surface area (Å²) in [5, 5.41) is 11.0. The van der Waals surface area contributed by atoms with E-state index in [0.29, 0.717) is 24.2 Å². The third kappa shape index (κ3) is 5.56. The molecule has 0 amide bonds. The summed E-state index contributed by atoms with van der Waals surface area (Å²) in [5.41, 5.74) is 7.30. The Bertz CT molecular complexity index is 1800. The Morgan fingerprint density at radius 2 is 1.65 bits per heavy atom. The molecule has 5 aromatic rings. The van der Waals surface area contributed by atoms with Crippen LogP contribution in [0.15, 0.2) is 78.9 Å². The number of nitrogens with zero attached hydrogens (tertiary/aromatic N) is 5. The average Bonchev–Trinajstić information content (AvgIpc) is 3.41. The highest BCUT2D eigenvalue weighted by Gasteiger charge is 2.30. The number of ether oxygens (including phenoxy) is 1. The molecule has 3 aromatic carbocycles. The molecular formula is C35H34ClN5O2. The van der Waals surface area contributed by atoms with Crippen LogP contribution in [0.5, 0.6) is 0 Å². The quantitative estimate of drug-likeness (QED) is 0.186. The second kappa shape index (κ2) is 12.5. The van der Waals surface area contributed by atoms with Crippen molar-refractivity contribution in [2.75, 3.05) is 37.7 Å². The predicted molar refractivity (Wildman–Crippen MR) is 171 cm³/mol. The Hall–Kier alpha value is -4.38. The molecule has 8 heteroatoms. The van der Waals surface area contributed by atoms with E-state index in [4.69, 9.17) is 21.3 Å². The Kier molecular flexibility index (Phi) is 8.33. The van der Waals surface area contributed by atoms with Crippen molar-refractivity contribution in [1.29, 1.82) is 5.26 Å². The molecule has 6 rings (SSSR count). The number of esters is 1. The first-order chi connectivity index (χ1) is 21.0. The third-order valence-electron chi connectivity index (χ3n) is 8.37. The van der Waals surface area contributed by atoms with Crippen molar-refractivity contribution in [3.8, 4) is 6.07 Å². The van der Waals surface area contributed by atoms with E-state index in [9.17, 15) is 10.1 Å². The van der Waals surface area contributed by atoms with Gasteiger partial charge < -0.3 is 9.64 Å². The van der Waals surface area contributed by atoms with Gasteiger partial charge in [0.2, 0.25) is 0 Å². The molecule has 0 N–H and O–H groups in total. The van der Waals surface area contributed by atoms with E-state index in [-0.39, 0.29) is 18.4 Å². The zero-order valence-corrected chi connectivity index (χ0v) is 25.2. The minimum atomic E-state index is -0.236. The molecule has 0 aliphatic carbocycles. The molecule has 218 valence electrons. The van der Waals surface area contributed by atoms with Crippen molar-refractivity contribution in [3.63, 3.8) is 0 Å². The van der Waals surface area contributed by atoms with Gasteiger partial charge in [-0.3, -0.25) is 14.1 Å². The predicted octanol–water partition coefficient (Wildman–Crippen LogP) is 6.73. The van der Waals surface area contributed by atoms with Gasteiger partial charge in [-0.25, -0.2) is 4.98 Å². The fourth-order valence-corrected chi connectivity index (χ4v) is 6.47. The lowest BCUT2D eigenvalue weighted by molar-refractivity contribution is -0.143. The molecule has 1 fully saturated rings. The van der Waals surface area contributed by atoms with E-state index in [1.54, 1.807) is 0 Å². The second-order valence-corrected chi connectivity index (χ2v) is 11.3. The van der Waals surface area contributed by atoms with Crippen LogP contribution in [-0.2, 0) is 16.0 Å². The molecule has 1 unspecified atom stereocenters. The normalized spacial score (nSPS) is 14.6. The van der Waals surface area contributed by atoms with Crippen LogP contribution in [-0.4, -0.2) is 53.0 Å². The zero-order valence-electron chi connectivity index (χ0n) is 24.5. The van der Waals surface area contributed by atoms with Crippen LogP contribution in [0.2, 0.25) is 5.02 Å². The number of nitriles is 1. The number of piperazine rings is 1. The van der Waals surface area contributed by atoms with E-state index in [1.807, 2.05) is 56.3 Å². The first-order valence-corrected chi connectivity index (χ1v) is 15.2. The molecule has 1 saturated heterocycles. The van der Waals surface area contributed by atoms with Crippen LogP contribution < -0.4 is 4.90 Å². The van der Waals surface area contributed by atoms with Gasteiger partial charge in [-0.15, -0.1) is 0 Å². The number of fused-ring (bicyclic) bond motifs is 3. The topological polar surface area (TPSA) is 73.9 Å². The number of carbonyl (C=O) groups is 1. The molecule has 0 radical (unpaired) electrons. The molecule has 0 saturated carbocycles. The van der Waals surface area contributed by atoms with Crippen LogP contribution in [0, 0.1) is 18.3 Å². The molecule has 43 heavy (non-hydrogen) atoms. The van der Waals surface area contributed by atoms with Gasteiger partial charge >= 0.3 is 5.97 Å². The van der Waals surface area contributed by atoms with Gasteiger partial charge in [0.25, 0.3) is 0 Å². The number of anilines is 1. The lowest BCUT2D eigenvalue weighted by Gasteiger charge is -2.41. The SMILES string of the molecule is CCOC(=O)CCc1c(C)c(C#N)c2nc3ccccc3n2c1N1CCN(C(c2ccccc2)c2ccc(Cl)cc2)CC1. The van der Waals surface area contributed by atoms with Gasteiger partial charge in [-0.2, -0.15) is 5.26 Å². The highest BCUT2D eigenvalue weighted by atomic mass is 35.5. The molecule has 7 nitrogen and oxygen atoms in total. The van der Waals surface area contributed by atoms with E-state index < -0.39 is 0 Å². The number of pyridine rings is 1. The summed E-state index contributed by atoms with van der Waals surface area (Å²) in [6.45, 7) is 7.34. The Labute approximate surface area is 256 Å². The number of hydrogen-bond donors (Lipinski definition) is 0.